The fourth-order valence-corrected chi connectivity index (χ4v) is 3.14. The highest BCUT2D eigenvalue weighted by Crippen LogP contribution is 2.24. The van der Waals surface area contributed by atoms with Crippen LogP contribution in [0.2, 0.25) is 0 Å². The van der Waals surface area contributed by atoms with E-state index < -0.39 is 5.82 Å². The van der Waals surface area contributed by atoms with Crippen molar-refractivity contribution in [2.45, 2.75) is 38.2 Å². The average molecular weight is 338 g/mol. The summed E-state index contributed by atoms with van der Waals surface area (Å²) in [6.07, 6.45) is 4.27. The van der Waals surface area contributed by atoms with Gasteiger partial charge in [0.25, 0.3) is 0 Å². The van der Waals surface area contributed by atoms with Crippen LogP contribution in [0.5, 0.6) is 5.75 Å². The van der Waals surface area contributed by atoms with Gasteiger partial charge in [0.15, 0.2) is 11.6 Å². The van der Waals surface area contributed by atoms with Gasteiger partial charge in [-0.25, -0.2) is 9.18 Å². The van der Waals surface area contributed by atoms with Gasteiger partial charge >= 0.3 is 6.03 Å². The number of aliphatic hydroxyl groups excluding tert-OH is 1. The normalized spacial score (nSPS) is 20.5. The maximum atomic E-state index is 13.4. The number of nitrogens with one attached hydrogen (secondary N) is 1. The molecule has 1 aromatic carbocycles. The smallest absolute Gasteiger partial charge is 0.317 e. The third-order valence-electron chi connectivity index (χ3n) is 4.63. The van der Waals surface area contributed by atoms with Gasteiger partial charge < -0.3 is 20.1 Å². The Morgan fingerprint density at radius 1 is 1.42 bits per heavy atom. The number of carbonyl (C=O) groups is 1. The monoisotopic (exact) mass is 338 g/mol. The van der Waals surface area contributed by atoms with Gasteiger partial charge in [-0.1, -0.05) is 18.9 Å². The topological polar surface area (TPSA) is 61.8 Å². The van der Waals surface area contributed by atoms with Crippen LogP contribution in [0.1, 0.15) is 31.2 Å². The second kappa shape index (κ2) is 8.87. The molecule has 0 saturated heterocycles. The molecule has 0 aromatic heterocycles. The van der Waals surface area contributed by atoms with Crippen LogP contribution in [-0.4, -0.2) is 49.4 Å². The van der Waals surface area contributed by atoms with E-state index in [1.807, 2.05) is 0 Å². The summed E-state index contributed by atoms with van der Waals surface area (Å²) < 4.78 is 18.3. The van der Waals surface area contributed by atoms with E-state index in [-0.39, 0.29) is 23.8 Å². The molecule has 2 atom stereocenters. The van der Waals surface area contributed by atoms with E-state index in [0.29, 0.717) is 19.5 Å². The van der Waals surface area contributed by atoms with Crippen LogP contribution in [0.3, 0.4) is 0 Å². The Hall–Kier alpha value is -1.82. The van der Waals surface area contributed by atoms with Gasteiger partial charge in [-0.3, -0.25) is 0 Å². The Balaban J connectivity index is 1.76. The molecule has 5 nitrogen and oxygen atoms in total. The number of benzene rings is 1. The van der Waals surface area contributed by atoms with E-state index in [9.17, 15) is 14.3 Å². The molecule has 0 heterocycles. The standard InChI is InChI=1S/C18H27FN2O3/c1-21(12-14-5-3-4-6-16(14)22)18(23)20-10-9-13-7-8-15(19)17(11-13)24-2/h7-8,11,14,16,22H,3-6,9-10,12H2,1-2H3,(H,20,23)/t14-,16-/m1/s1. The SMILES string of the molecule is COc1cc(CCNC(=O)N(C)C[C@H]2CCCC[C@H]2O)ccc1F. The highest BCUT2D eigenvalue weighted by atomic mass is 19.1. The second-order valence-corrected chi connectivity index (χ2v) is 6.44. The molecule has 1 fully saturated rings. The maximum Gasteiger partial charge on any atom is 0.317 e. The van der Waals surface area contributed by atoms with Crippen LogP contribution in [0.25, 0.3) is 0 Å². The Kier molecular flexibility index (Phi) is 6.85. The molecule has 0 radical (unpaired) electrons. The molecule has 0 unspecified atom stereocenters. The average Bonchev–Trinajstić information content (AvgIpc) is 2.58. The molecule has 1 saturated carbocycles. The van der Waals surface area contributed by atoms with Gasteiger partial charge in [0.05, 0.1) is 13.2 Å². The Labute approximate surface area is 142 Å². The van der Waals surface area contributed by atoms with Crippen LogP contribution >= 0.6 is 0 Å². The zero-order chi connectivity index (χ0) is 17.5. The third kappa shape index (κ3) is 5.09. The van der Waals surface area contributed by atoms with E-state index >= 15 is 0 Å². The maximum absolute atomic E-state index is 13.4. The molecular weight excluding hydrogens is 311 g/mol. The zero-order valence-electron chi connectivity index (χ0n) is 14.4. The lowest BCUT2D eigenvalue weighted by Crippen LogP contribution is -2.43. The quantitative estimate of drug-likeness (QED) is 0.838. The van der Waals surface area contributed by atoms with Crippen molar-refractivity contribution >= 4 is 6.03 Å². The molecule has 0 bridgehead atoms. The summed E-state index contributed by atoms with van der Waals surface area (Å²) in [6, 6.07) is 4.55. The van der Waals surface area contributed by atoms with Crippen LogP contribution in [0.4, 0.5) is 9.18 Å². The van der Waals surface area contributed by atoms with Gasteiger partial charge in [-0.15, -0.1) is 0 Å². The first-order valence-corrected chi connectivity index (χ1v) is 8.50. The zero-order valence-corrected chi connectivity index (χ0v) is 14.4. The Morgan fingerprint density at radius 3 is 2.88 bits per heavy atom. The first kappa shape index (κ1) is 18.5. The largest absolute Gasteiger partial charge is 0.494 e. The van der Waals surface area contributed by atoms with Crippen LogP contribution in [-0.2, 0) is 6.42 Å². The van der Waals surface area contributed by atoms with Gasteiger partial charge in [0.1, 0.15) is 0 Å². The van der Waals surface area contributed by atoms with Crippen molar-refractivity contribution in [2.75, 3.05) is 27.2 Å². The predicted octanol–water partition coefficient (Wildman–Crippen LogP) is 2.57. The Morgan fingerprint density at radius 2 is 2.17 bits per heavy atom. The van der Waals surface area contributed by atoms with Crippen molar-refractivity contribution in [3.63, 3.8) is 0 Å². The number of ether oxygens (including phenoxy) is 1. The second-order valence-electron chi connectivity index (χ2n) is 6.44. The number of aliphatic hydroxyl groups is 1. The minimum Gasteiger partial charge on any atom is -0.494 e. The molecule has 134 valence electrons. The highest BCUT2D eigenvalue weighted by Gasteiger charge is 2.25. The fourth-order valence-electron chi connectivity index (χ4n) is 3.14. The van der Waals surface area contributed by atoms with Crippen LogP contribution < -0.4 is 10.1 Å². The van der Waals surface area contributed by atoms with Crippen molar-refractivity contribution in [1.29, 1.82) is 0 Å². The van der Waals surface area contributed by atoms with Gasteiger partial charge in [-0.2, -0.15) is 0 Å². The van der Waals surface area contributed by atoms with E-state index in [0.717, 1.165) is 31.2 Å². The van der Waals surface area contributed by atoms with E-state index in [1.165, 1.54) is 13.2 Å². The molecule has 0 aliphatic heterocycles. The first-order valence-electron chi connectivity index (χ1n) is 8.50. The van der Waals surface area contributed by atoms with Crippen molar-refractivity contribution in [2.24, 2.45) is 5.92 Å². The molecule has 1 aromatic rings. The molecule has 0 spiro atoms. The molecule has 2 rings (SSSR count). The summed E-state index contributed by atoms with van der Waals surface area (Å²) in [4.78, 5) is 13.8. The van der Waals surface area contributed by atoms with Crippen molar-refractivity contribution in [3.8, 4) is 5.75 Å². The highest BCUT2D eigenvalue weighted by molar-refractivity contribution is 5.73. The summed E-state index contributed by atoms with van der Waals surface area (Å²) in [5.41, 5.74) is 0.902. The molecule has 1 aliphatic carbocycles. The summed E-state index contributed by atoms with van der Waals surface area (Å²) in [7, 11) is 3.18. The number of urea groups is 1. The molecule has 1 aliphatic rings. The number of amides is 2. The van der Waals surface area contributed by atoms with E-state index in [2.05, 4.69) is 5.32 Å². The van der Waals surface area contributed by atoms with Crippen molar-refractivity contribution in [1.82, 2.24) is 10.2 Å². The lowest BCUT2D eigenvalue weighted by atomic mass is 9.86. The first-order chi connectivity index (χ1) is 11.5. The molecule has 6 heteroatoms. The molecule has 2 N–H and O–H groups in total. The third-order valence-corrected chi connectivity index (χ3v) is 4.63. The van der Waals surface area contributed by atoms with Gasteiger partial charge in [0, 0.05) is 26.1 Å². The number of nitrogens with zero attached hydrogens (tertiary/aromatic N) is 1. The summed E-state index contributed by atoms with van der Waals surface area (Å²) in [6.45, 7) is 1.03. The summed E-state index contributed by atoms with van der Waals surface area (Å²) in [5.74, 6) is -0.0193. The number of rotatable bonds is 6. The number of methoxy groups -OCH3 is 1. The van der Waals surface area contributed by atoms with Crippen molar-refractivity contribution < 1.29 is 19.0 Å². The van der Waals surface area contributed by atoms with E-state index in [4.69, 9.17) is 4.74 Å². The lowest BCUT2D eigenvalue weighted by Gasteiger charge is -2.31. The number of carbonyl (C=O) groups excluding carboxylic acids is 1. The van der Waals surface area contributed by atoms with Crippen LogP contribution in [0.15, 0.2) is 18.2 Å². The van der Waals surface area contributed by atoms with Crippen LogP contribution in [0, 0.1) is 11.7 Å². The molecule has 24 heavy (non-hydrogen) atoms. The van der Waals surface area contributed by atoms with Gasteiger partial charge in [0.2, 0.25) is 0 Å². The van der Waals surface area contributed by atoms with E-state index in [1.54, 1.807) is 24.1 Å². The number of halogens is 1. The summed E-state index contributed by atoms with van der Waals surface area (Å²) >= 11 is 0. The lowest BCUT2D eigenvalue weighted by molar-refractivity contribution is 0.0565. The Bertz CT molecular complexity index is 553. The van der Waals surface area contributed by atoms with Gasteiger partial charge in [-0.05, 0) is 37.0 Å². The summed E-state index contributed by atoms with van der Waals surface area (Å²) in [5, 5.41) is 12.9. The number of hydrogen-bond donors (Lipinski definition) is 2. The molecule has 2 amide bonds. The number of hydrogen-bond acceptors (Lipinski definition) is 3. The minimum absolute atomic E-state index is 0.151. The fraction of sp³-hybridized carbons (Fsp3) is 0.611. The predicted molar refractivity (Wildman–Crippen MR) is 90.6 cm³/mol. The van der Waals surface area contributed by atoms with Crippen molar-refractivity contribution in [3.05, 3.63) is 29.6 Å². The minimum atomic E-state index is -0.393. The molecular formula is C18H27FN2O3.